The molecule has 12 heavy (non-hydrogen) atoms. The highest BCUT2D eigenvalue weighted by molar-refractivity contribution is 5.73. The van der Waals surface area contributed by atoms with E-state index >= 15 is 0 Å². The summed E-state index contributed by atoms with van der Waals surface area (Å²) >= 11 is 0. The SMILES string of the molecule is CNC(=O)NC[C@@H]1COCCN1. The molecular formula is C7H15N3O2. The number of rotatable bonds is 2. The maximum absolute atomic E-state index is 10.8. The highest BCUT2D eigenvalue weighted by atomic mass is 16.5. The van der Waals surface area contributed by atoms with E-state index in [0.717, 1.165) is 13.2 Å². The smallest absolute Gasteiger partial charge is 0.314 e. The summed E-state index contributed by atoms with van der Waals surface area (Å²) in [5, 5.41) is 8.43. The van der Waals surface area contributed by atoms with Crippen LogP contribution in [0.5, 0.6) is 0 Å². The van der Waals surface area contributed by atoms with Crippen molar-refractivity contribution in [1.29, 1.82) is 0 Å². The summed E-state index contributed by atoms with van der Waals surface area (Å²) in [6.07, 6.45) is 0. The molecule has 1 saturated heterocycles. The van der Waals surface area contributed by atoms with Crippen molar-refractivity contribution >= 4 is 6.03 Å². The van der Waals surface area contributed by atoms with E-state index in [1.807, 2.05) is 0 Å². The first-order valence-corrected chi connectivity index (χ1v) is 4.09. The lowest BCUT2D eigenvalue weighted by atomic mass is 10.3. The molecule has 0 saturated carbocycles. The molecule has 1 fully saturated rings. The molecule has 0 aliphatic carbocycles. The van der Waals surface area contributed by atoms with E-state index in [1.165, 1.54) is 0 Å². The average molecular weight is 173 g/mol. The Morgan fingerprint density at radius 3 is 3.17 bits per heavy atom. The van der Waals surface area contributed by atoms with Crippen LogP contribution in [-0.2, 0) is 4.74 Å². The third-order valence-corrected chi connectivity index (χ3v) is 1.73. The second kappa shape index (κ2) is 4.95. The minimum Gasteiger partial charge on any atom is -0.378 e. The topological polar surface area (TPSA) is 62.4 Å². The van der Waals surface area contributed by atoms with Crippen molar-refractivity contribution in [3.8, 4) is 0 Å². The molecule has 0 aromatic heterocycles. The number of hydrogen-bond donors (Lipinski definition) is 3. The number of ether oxygens (including phenoxy) is 1. The molecule has 0 spiro atoms. The van der Waals surface area contributed by atoms with Gasteiger partial charge in [0.1, 0.15) is 0 Å². The molecule has 1 aliphatic rings. The number of carbonyl (C=O) groups is 1. The van der Waals surface area contributed by atoms with Gasteiger partial charge in [0.15, 0.2) is 0 Å². The molecule has 2 amide bonds. The average Bonchev–Trinajstić information content (AvgIpc) is 2.16. The van der Waals surface area contributed by atoms with Crippen molar-refractivity contribution in [2.45, 2.75) is 6.04 Å². The van der Waals surface area contributed by atoms with Gasteiger partial charge >= 0.3 is 6.03 Å². The quantitative estimate of drug-likeness (QED) is 0.497. The summed E-state index contributed by atoms with van der Waals surface area (Å²) in [7, 11) is 1.60. The number of hydrogen-bond acceptors (Lipinski definition) is 3. The number of urea groups is 1. The molecule has 0 aromatic carbocycles. The Morgan fingerprint density at radius 1 is 1.75 bits per heavy atom. The molecule has 0 unspecified atom stereocenters. The molecule has 1 aliphatic heterocycles. The molecule has 70 valence electrons. The maximum atomic E-state index is 10.8. The summed E-state index contributed by atoms with van der Waals surface area (Å²) in [5.74, 6) is 0. The first-order valence-electron chi connectivity index (χ1n) is 4.09. The molecular weight excluding hydrogens is 158 g/mol. The van der Waals surface area contributed by atoms with Crippen LogP contribution in [0.2, 0.25) is 0 Å². The highest BCUT2D eigenvalue weighted by Crippen LogP contribution is 1.90. The summed E-state index contributed by atoms with van der Waals surface area (Å²) in [4.78, 5) is 10.8. The summed E-state index contributed by atoms with van der Waals surface area (Å²) in [6, 6.07) is 0.0958. The normalized spacial score (nSPS) is 23.2. The Kier molecular flexibility index (Phi) is 3.83. The van der Waals surface area contributed by atoms with E-state index in [4.69, 9.17) is 4.74 Å². The van der Waals surface area contributed by atoms with Crippen LogP contribution in [0.25, 0.3) is 0 Å². The molecule has 0 bridgehead atoms. The van der Waals surface area contributed by atoms with Crippen molar-refractivity contribution in [1.82, 2.24) is 16.0 Å². The fourth-order valence-electron chi connectivity index (χ4n) is 1.06. The number of morpholine rings is 1. The fraction of sp³-hybridized carbons (Fsp3) is 0.857. The zero-order valence-electron chi connectivity index (χ0n) is 7.22. The number of carbonyl (C=O) groups excluding carboxylic acids is 1. The van der Waals surface area contributed by atoms with Crippen LogP contribution in [0.1, 0.15) is 0 Å². The Morgan fingerprint density at radius 2 is 2.58 bits per heavy atom. The van der Waals surface area contributed by atoms with Crippen LogP contribution < -0.4 is 16.0 Å². The third kappa shape index (κ3) is 3.06. The minimum absolute atomic E-state index is 0.151. The van der Waals surface area contributed by atoms with Gasteiger partial charge in [-0.1, -0.05) is 0 Å². The van der Waals surface area contributed by atoms with Crippen LogP contribution >= 0.6 is 0 Å². The molecule has 1 rings (SSSR count). The number of nitrogens with one attached hydrogen (secondary N) is 3. The van der Waals surface area contributed by atoms with Gasteiger partial charge in [0.05, 0.1) is 13.2 Å². The number of amides is 2. The molecule has 5 heteroatoms. The molecule has 1 heterocycles. The zero-order chi connectivity index (χ0) is 8.81. The largest absolute Gasteiger partial charge is 0.378 e. The first-order chi connectivity index (χ1) is 5.83. The van der Waals surface area contributed by atoms with E-state index in [2.05, 4.69) is 16.0 Å². The molecule has 1 atom stereocenters. The van der Waals surface area contributed by atoms with Crippen molar-refractivity contribution in [2.24, 2.45) is 0 Å². The van der Waals surface area contributed by atoms with E-state index in [0.29, 0.717) is 13.2 Å². The van der Waals surface area contributed by atoms with Crippen LogP contribution in [0, 0.1) is 0 Å². The van der Waals surface area contributed by atoms with Crippen molar-refractivity contribution in [2.75, 3.05) is 33.4 Å². The first kappa shape index (κ1) is 9.28. The Hall–Kier alpha value is -0.810. The van der Waals surface area contributed by atoms with Crippen LogP contribution in [-0.4, -0.2) is 45.4 Å². The van der Waals surface area contributed by atoms with E-state index in [1.54, 1.807) is 7.05 Å². The third-order valence-electron chi connectivity index (χ3n) is 1.73. The predicted molar refractivity (Wildman–Crippen MR) is 45.1 cm³/mol. The lowest BCUT2D eigenvalue weighted by molar-refractivity contribution is 0.0774. The predicted octanol–water partition coefficient (Wildman–Crippen LogP) is -1.10. The molecule has 5 nitrogen and oxygen atoms in total. The van der Waals surface area contributed by atoms with Gasteiger partial charge in [0, 0.05) is 26.2 Å². The molecule has 0 aromatic rings. The standard InChI is InChI=1S/C7H15N3O2/c1-8-7(11)10-4-6-5-12-3-2-9-6/h6,9H,2-5H2,1H3,(H2,8,10,11)/t6-/m1/s1. The minimum atomic E-state index is -0.151. The van der Waals surface area contributed by atoms with Gasteiger partial charge in [0.2, 0.25) is 0 Å². The lowest BCUT2D eigenvalue weighted by Gasteiger charge is -2.23. The van der Waals surface area contributed by atoms with Gasteiger partial charge in [-0.05, 0) is 0 Å². The van der Waals surface area contributed by atoms with Crippen LogP contribution in [0.4, 0.5) is 4.79 Å². The van der Waals surface area contributed by atoms with Crippen LogP contribution in [0.15, 0.2) is 0 Å². The molecule has 0 radical (unpaired) electrons. The van der Waals surface area contributed by atoms with Gasteiger partial charge in [-0.25, -0.2) is 4.79 Å². The van der Waals surface area contributed by atoms with Crippen molar-refractivity contribution < 1.29 is 9.53 Å². The van der Waals surface area contributed by atoms with Gasteiger partial charge in [-0.2, -0.15) is 0 Å². The highest BCUT2D eigenvalue weighted by Gasteiger charge is 2.12. The second-order valence-electron chi connectivity index (χ2n) is 2.69. The zero-order valence-corrected chi connectivity index (χ0v) is 7.22. The summed E-state index contributed by atoms with van der Waals surface area (Å²) in [5.41, 5.74) is 0. The second-order valence-corrected chi connectivity index (χ2v) is 2.69. The lowest BCUT2D eigenvalue weighted by Crippen LogP contribution is -2.49. The van der Waals surface area contributed by atoms with E-state index in [-0.39, 0.29) is 12.1 Å². The van der Waals surface area contributed by atoms with Gasteiger partial charge < -0.3 is 20.7 Å². The van der Waals surface area contributed by atoms with E-state index in [9.17, 15) is 4.79 Å². The van der Waals surface area contributed by atoms with E-state index < -0.39 is 0 Å². The van der Waals surface area contributed by atoms with Crippen molar-refractivity contribution in [3.05, 3.63) is 0 Å². The van der Waals surface area contributed by atoms with Crippen LogP contribution in [0.3, 0.4) is 0 Å². The Balaban J connectivity index is 2.09. The monoisotopic (exact) mass is 173 g/mol. The summed E-state index contributed by atoms with van der Waals surface area (Å²) < 4.78 is 5.21. The maximum Gasteiger partial charge on any atom is 0.314 e. The summed E-state index contributed by atoms with van der Waals surface area (Å²) in [6.45, 7) is 2.90. The van der Waals surface area contributed by atoms with Gasteiger partial charge in [-0.3, -0.25) is 0 Å². The van der Waals surface area contributed by atoms with Gasteiger partial charge in [-0.15, -0.1) is 0 Å². The molecule has 3 N–H and O–H groups in total. The Bertz CT molecular complexity index is 146. The van der Waals surface area contributed by atoms with Gasteiger partial charge in [0.25, 0.3) is 0 Å². The van der Waals surface area contributed by atoms with Crippen molar-refractivity contribution in [3.63, 3.8) is 0 Å². The fourth-order valence-corrected chi connectivity index (χ4v) is 1.06. The Labute approximate surface area is 71.8 Å².